The maximum atomic E-state index is 10.8. The quantitative estimate of drug-likeness (QED) is 0.613. The number of carboxylic acid groups (broad SMARTS) is 1. The summed E-state index contributed by atoms with van der Waals surface area (Å²) >= 11 is 1.54. The van der Waals surface area contributed by atoms with Gasteiger partial charge in [-0.2, -0.15) is 0 Å². The molecule has 0 aliphatic carbocycles. The molecule has 1 heterocycles. The van der Waals surface area contributed by atoms with Crippen LogP contribution in [0.4, 0.5) is 5.82 Å². The highest BCUT2D eigenvalue weighted by molar-refractivity contribution is 7.98. The fourth-order valence-electron chi connectivity index (χ4n) is 1.98. The van der Waals surface area contributed by atoms with Crippen LogP contribution in [0.25, 0.3) is 0 Å². The van der Waals surface area contributed by atoms with Crippen LogP contribution in [0.1, 0.15) is 42.4 Å². The summed E-state index contributed by atoms with van der Waals surface area (Å²) in [4.78, 5) is 22.0. The third-order valence-electron chi connectivity index (χ3n) is 3.48. The lowest BCUT2D eigenvalue weighted by Crippen LogP contribution is -2.21. The summed E-state index contributed by atoms with van der Waals surface area (Å²) in [5.41, 5.74) is 2.14. The molecule has 0 radical (unpaired) electrons. The third-order valence-corrected chi connectivity index (χ3v) is 4.39. The second kappa shape index (κ2) is 7.21. The molecule has 0 aliphatic rings. The Hall–Kier alpha value is -2.08. The van der Waals surface area contributed by atoms with Crippen LogP contribution in [0.5, 0.6) is 0 Å². The van der Waals surface area contributed by atoms with Gasteiger partial charge in [-0.15, -0.1) is 0 Å². The molecule has 0 saturated heterocycles. The van der Waals surface area contributed by atoms with Gasteiger partial charge in [0.1, 0.15) is 5.82 Å². The number of benzene rings is 1. The van der Waals surface area contributed by atoms with Crippen molar-refractivity contribution in [1.82, 2.24) is 9.97 Å². The van der Waals surface area contributed by atoms with Crippen LogP contribution < -0.4 is 10.0 Å². The molecule has 0 atom stereocenters. The monoisotopic (exact) mass is 344 g/mol. The molecular formula is C18H22N3O2S-. The maximum Gasteiger partial charge on any atom is 0.190 e. The van der Waals surface area contributed by atoms with Crippen molar-refractivity contribution in [2.75, 3.05) is 19.0 Å². The largest absolute Gasteiger partial charge is 0.545 e. The van der Waals surface area contributed by atoms with Gasteiger partial charge in [-0.25, -0.2) is 9.97 Å². The number of anilines is 1. The first-order valence-electron chi connectivity index (χ1n) is 7.67. The molecule has 1 aromatic carbocycles. The Morgan fingerprint density at radius 2 is 1.79 bits per heavy atom. The van der Waals surface area contributed by atoms with Gasteiger partial charge in [-0.1, -0.05) is 56.8 Å². The first kappa shape index (κ1) is 18.3. The van der Waals surface area contributed by atoms with E-state index in [0.29, 0.717) is 5.75 Å². The molecule has 0 N–H and O–H groups in total. The van der Waals surface area contributed by atoms with Crippen molar-refractivity contribution >= 4 is 23.5 Å². The smallest absolute Gasteiger partial charge is 0.190 e. The second-order valence-electron chi connectivity index (χ2n) is 6.81. The number of thioether (sulfide) groups is 1. The zero-order valence-corrected chi connectivity index (χ0v) is 15.5. The van der Waals surface area contributed by atoms with E-state index >= 15 is 0 Å². The minimum absolute atomic E-state index is 0.0564. The number of carbonyl (C=O) groups excluding carboxylic acids is 1. The minimum Gasteiger partial charge on any atom is -0.545 e. The summed E-state index contributed by atoms with van der Waals surface area (Å²) in [6.07, 6.45) is 0. The van der Waals surface area contributed by atoms with E-state index in [0.717, 1.165) is 22.2 Å². The Bertz CT molecular complexity index is 722. The predicted molar refractivity (Wildman–Crippen MR) is 95.4 cm³/mol. The average molecular weight is 344 g/mol. The molecule has 5 nitrogen and oxygen atoms in total. The van der Waals surface area contributed by atoms with Gasteiger partial charge in [0.15, 0.2) is 5.16 Å². The summed E-state index contributed by atoms with van der Waals surface area (Å²) < 4.78 is 0. The zero-order valence-electron chi connectivity index (χ0n) is 14.7. The van der Waals surface area contributed by atoms with Crippen LogP contribution in [0.2, 0.25) is 0 Å². The van der Waals surface area contributed by atoms with Crippen molar-refractivity contribution in [3.05, 3.63) is 47.2 Å². The van der Waals surface area contributed by atoms with Gasteiger partial charge in [0.25, 0.3) is 0 Å². The number of aromatic carboxylic acids is 1. The van der Waals surface area contributed by atoms with E-state index in [-0.39, 0.29) is 11.0 Å². The van der Waals surface area contributed by atoms with Crippen LogP contribution in [-0.4, -0.2) is 30.0 Å². The minimum atomic E-state index is -1.16. The Kier molecular flexibility index (Phi) is 5.49. The fourth-order valence-corrected chi connectivity index (χ4v) is 2.78. The lowest BCUT2D eigenvalue weighted by molar-refractivity contribution is -0.255. The van der Waals surface area contributed by atoms with Gasteiger partial charge in [0.2, 0.25) is 0 Å². The van der Waals surface area contributed by atoms with Gasteiger partial charge in [-0.05, 0) is 11.1 Å². The Balaban J connectivity index is 2.19. The number of aromatic nitrogens is 2. The highest BCUT2D eigenvalue weighted by Gasteiger charge is 2.18. The number of hydrogen-bond donors (Lipinski definition) is 0. The van der Waals surface area contributed by atoms with Crippen molar-refractivity contribution in [2.45, 2.75) is 37.1 Å². The van der Waals surface area contributed by atoms with Gasteiger partial charge in [0, 0.05) is 31.3 Å². The average Bonchev–Trinajstić information content (AvgIpc) is 2.52. The van der Waals surface area contributed by atoms with Crippen molar-refractivity contribution < 1.29 is 9.90 Å². The van der Waals surface area contributed by atoms with Crippen molar-refractivity contribution in [2.24, 2.45) is 0 Å². The molecule has 0 aliphatic heterocycles. The molecular weight excluding hydrogens is 322 g/mol. The van der Waals surface area contributed by atoms with E-state index in [9.17, 15) is 9.90 Å². The molecule has 1 aromatic heterocycles. The number of carbonyl (C=O) groups is 1. The van der Waals surface area contributed by atoms with Crippen LogP contribution >= 0.6 is 11.8 Å². The summed E-state index contributed by atoms with van der Waals surface area (Å²) in [5.74, 6) is 0.393. The maximum absolute atomic E-state index is 10.8. The molecule has 2 aromatic rings. The van der Waals surface area contributed by atoms with Crippen molar-refractivity contribution in [3.8, 4) is 0 Å². The Labute approximate surface area is 147 Å². The van der Waals surface area contributed by atoms with E-state index in [1.165, 1.54) is 11.8 Å². The van der Waals surface area contributed by atoms with Gasteiger partial charge in [-0.3, -0.25) is 0 Å². The topological polar surface area (TPSA) is 69.2 Å². The molecule has 128 valence electrons. The second-order valence-corrected chi connectivity index (χ2v) is 7.75. The van der Waals surface area contributed by atoms with Crippen molar-refractivity contribution in [1.29, 1.82) is 0 Å². The Morgan fingerprint density at radius 1 is 1.17 bits per heavy atom. The molecule has 2 rings (SSSR count). The van der Waals surface area contributed by atoms with Crippen LogP contribution in [0.15, 0.2) is 35.5 Å². The fraction of sp³-hybridized carbons (Fsp3) is 0.389. The number of rotatable bonds is 5. The first-order chi connectivity index (χ1) is 11.2. The summed E-state index contributed by atoms with van der Waals surface area (Å²) in [5, 5.41) is 11.5. The molecule has 0 bridgehead atoms. The highest BCUT2D eigenvalue weighted by atomic mass is 32.2. The SMILES string of the molecule is CN(C)c1cc(C(C)(C)C)nc(SCc2ccc(C(=O)[O-])cc2)n1. The van der Waals surface area contributed by atoms with Crippen molar-refractivity contribution in [3.63, 3.8) is 0 Å². The molecule has 0 amide bonds. The van der Waals surface area contributed by atoms with E-state index < -0.39 is 5.97 Å². The molecule has 0 unspecified atom stereocenters. The zero-order chi connectivity index (χ0) is 17.9. The van der Waals surface area contributed by atoms with Gasteiger partial charge in [0.05, 0.1) is 11.7 Å². The first-order valence-corrected chi connectivity index (χ1v) is 8.65. The van der Waals surface area contributed by atoms with Crippen LogP contribution in [-0.2, 0) is 11.2 Å². The number of nitrogens with zero attached hydrogens (tertiary/aromatic N) is 3. The number of carboxylic acids is 1. The van der Waals surface area contributed by atoms with E-state index in [1.807, 2.05) is 25.1 Å². The van der Waals surface area contributed by atoms with E-state index in [4.69, 9.17) is 0 Å². The Morgan fingerprint density at radius 3 is 2.29 bits per heavy atom. The van der Waals surface area contributed by atoms with E-state index in [1.54, 1.807) is 24.3 Å². The van der Waals surface area contributed by atoms with Gasteiger partial charge >= 0.3 is 0 Å². The summed E-state index contributed by atoms with van der Waals surface area (Å²) in [7, 11) is 3.92. The molecule has 0 fully saturated rings. The van der Waals surface area contributed by atoms with E-state index in [2.05, 4.69) is 30.7 Å². The summed E-state index contributed by atoms with van der Waals surface area (Å²) in [6, 6.07) is 8.71. The molecule has 6 heteroatoms. The van der Waals surface area contributed by atoms with Crippen LogP contribution in [0, 0.1) is 0 Å². The predicted octanol–water partition coefficient (Wildman–Crippen LogP) is 2.50. The molecule has 24 heavy (non-hydrogen) atoms. The summed E-state index contributed by atoms with van der Waals surface area (Å²) in [6.45, 7) is 6.38. The lowest BCUT2D eigenvalue weighted by Gasteiger charge is -2.21. The standard InChI is InChI=1S/C18H23N3O2S/c1-18(2,3)14-10-15(21(4)5)20-17(19-14)24-11-12-6-8-13(9-7-12)16(22)23/h6-10H,11H2,1-5H3,(H,22,23)/p-1. The molecule has 0 spiro atoms. The number of hydrogen-bond acceptors (Lipinski definition) is 6. The normalized spacial score (nSPS) is 11.4. The van der Waals surface area contributed by atoms with Crippen LogP contribution in [0.3, 0.4) is 0 Å². The third kappa shape index (κ3) is 4.71. The van der Waals surface area contributed by atoms with Gasteiger partial charge < -0.3 is 14.8 Å². The molecule has 0 saturated carbocycles. The lowest BCUT2D eigenvalue weighted by atomic mass is 9.92. The highest BCUT2D eigenvalue weighted by Crippen LogP contribution is 2.27.